The Morgan fingerprint density at radius 2 is 2.28 bits per heavy atom. The fraction of sp³-hybridized carbons (Fsp3) is 0.364. The van der Waals surface area contributed by atoms with Crippen molar-refractivity contribution in [3.05, 3.63) is 35.4 Å². The van der Waals surface area contributed by atoms with E-state index in [1.165, 1.54) is 23.0 Å². The molecule has 2 rings (SSSR count). The first kappa shape index (κ1) is 12.4. The second kappa shape index (κ2) is 5.09. The molecule has 0 fully saturated rings. The third kappa shape index (κ3) is 2.80. The van der Waals surface area contributed by atoms with Gasteiger partial charge in [-0.05, 0) is 30.3 Å². The summed E-state index contributed by atoms with van der Waals surface area (Å²) in [6.07, 6.45) is -0.814. The molecule has 0 aliphatic heterocycles. The largest absolute Gasteiger partial charge is 0.485 e. The highest BCUT2D eigenvalue weighted by molar-refractivity contribution is 5.35. The van der Waals surface area contributed by atoms with Crippen LogP contribution in [0.15, 0.2) is 18.2 Å². The molecule has 18 heavy (non-hydrogen) atoms. The first-order valence-electron chi connectivity index (χ1n) is 5.39. The van der Waals surface area contributed by atoms with Crippen molar-refractivity contribution >= 4 is 0 Å². The number of benzene rings is 1. The van der Waals surface area contributed by atoms with Crippen molar-refractivity contribution in [1.82, 2.24) is 20.2 Å². The number of aryl methyl sites for hydroxylation is 1. The Kier molecular flexibility index (Phi) is 3.52. The van der Waals surface area contributed by atoms with Crippen LogP contribution in [-0.2, 0) is 13.7 Å². The number of hydrogen-bond donors (Lipinski definition) is 1. The van der Waals surface area contributed by atoms with Gasteiger partial charge in [0.05, 0.1) is 13.2 Å². The van der Waals surface area contributed by atoms with Crippen LogP contribution in [0.25, 0.3) is 0 Å². The number of ether oxygens (including phenoxy) is 1. The molecule has 2 aromatic rings. The van der Waals surface area contributed by atoms with Gasteiger partial charge in [-0.3, -0.25) is 0 Å². The highest BCUT2D eigenvalue weighted by Gasteiger charge is 2.11. The molecular weight excluding hydrogens is 239 g/mol. The summed E-state index contributed by atoms with van der Waals surface area (Å²) in [5.41, 5.74) is 0.388. The van der Waals surface area contributed by atoms with E-state index in [1.54, 1.807) is 14.0 Å². The van der Waals surface area contributed by atoms with Gasteiger partial charge in [0.25, 0.3) is 0 Å². The summed E-state index contributed by atoms with van der Waals surface area (Å²) >= 11 is 0. The molecule has 0 bridgehead atoms. The number of halogens is 1. The number of aromatic nitrogens is 4. The molecule has 0 aliphatic carbocycles. The predicted molar refractivity (Wildman–Crippen MR) is 60.2 cm³/mol. The maximum Gasteiger partial charge on any atom is 0.212 e. The van der Waals surface area contributed by atoms with Gasteiger partial charge in [0, 0.05) is 5.56 Å². The molecule has 96 valence electrons. The summed E-state index contributed by atoms with van der Waals surface area (Å²) in [6.45, 7) is 1.65. The van der Waals surface area contributed by atoms with Crippen LogP contribution in [-0.4, -0.2) is 25.3 Å². The molecule has 1 aromatic carbocycles. The van der Waals surface area contributed by atoms with Crippen LogP contribution in [0.2, 0.25) is 0 Å². The summed E-state index contributed by atoms with van der Waals surface area (Å²) in [4.78, 5) is 1.32. The van der Waals surface area contributed by atoms with Gasteiger partial charge < -0.3 is 9.84 Å². The van der Waals surface area contributed by atoms with Crippen LogP contribution < -0.4 is 4.74 Å². The number of rotatable bonds is 4. The van der Waals surface area contributed by atoms with Gasteiger partial charge in [0.15, 0.2) is 6.61 Å². The van der Waals surface area contributed by atoms with Crippen LogP contribution in [0, 0.1) is 5.82 Å². The molecule has 6 nitrogen and oxygen atoms in total. The molecule has 7 heteroatoms. The van der Waals surface area contributed by atoms with E-state index in [0.717, 1.165) is 0 Å². The Bertz CT molecular complexity index is 542. The molecule has 0 radical (unpaired) electrons. The lowest BCUT2D eigenvalue weighted by Gasteiger charge is -2.12. The van der Waals surface area contributed by atoms with Crippen LogP contribution >= 0.6 is 0 Å². The minimum absolute atomic E-state index is 0.110. The molecular formula is C11H13FN4O2. The van der Waals surface area contributed by atoms with Crippen LogP contribution in [0.1, 0.15) is 24.4 Å². The Labute approximate surface area is 103 Å². The fourth-order valence-electron chi connectivity index (χ4n) is 1.50. The zero-order valence-corrected chi connectivity index (χ0v) is 10.0. The summed E-state index contributed by atoms with van der Waals surface area (Å²) in [5.74, 6) is 0.396. The quantitative estimate of drug-likeness (QED) is 0.878. The second-order valence-electron chi connectivity index (χ2n) is 3.84. The zero-order chi connectivity index (χ0) is 13.1. The van der Waals surface area contributed by atoms with E-state index < -0.39 is 11.9 Å². The number of tetrazole rings is 1. The fourth-order valence-corrected chi connectivity index (χ4v) is 1.50. The molecule has 0 saturated heterocycles. The van der Waals surface area contributed by atoms with Gasteiger partial charge in [-0.1, -0.05) is 0 Å². The van der Waals surface area contributed by atoms with E-state index >= 15 is 0 Å². The van der Waals surface area contributed by atoms with Gasteiger partial charge in [0.2, 0.25) is 5.82 Å². The normalized spacial score (nSPS) is 12.4. The Hall–Kier alpha value is -2.02. The van der Waals surface area contributed by atoms with E-state index in [0.29, 0.717) is 17.1 Å². The maximum atomic E-state index is 13.1. The predicted octanol–water partition coefficient (Wildman–Crippen LogP) is 0.981. The van der Waals surface area contributed by atoms with Gasteiger partial charge in [-0.15, -0.1) is 10.2 Å². The average molecular weight is 252 g/mol. The van der Waals surface area contributed by atoms with E-state index in [9.17, 15) is 9.50 Å². The topological polar surface area (TPSA) is 73.1 Å². The van der Waals surface area contributed by atoms with Crippen molar-refractivity contribution in [2.45, 2.75) is 19.6 Å². The summed E-state index contributed by atoms with van der Waals surface area (Å²) < 4.78 is 18.5. The molecule has 1 atom stereocenters. The third-order valence-electron chi connectivity index (χ3n) is 2.33. The molecule has 0 unspecified atom stereocenters. The summed E-state index contributed by atoms with van der Waals surface area (Å²) in [6, 6.07) is 3.98. The average Bonchev–Trinajstić information content (AvgIpc) is 2.73. The van der Waals surface area contributed by atoms with Crippen molar-refractivity contribution in [3.63, 3.8) is 0 Å². The molecule has 1 N–H and O–H groups in total. The molecule has 0 amide bonds. The molecule has 1 heterocycles. The highest BCUT2D eigenvalue weighted by Crippen LogP contribution is 2.26. The Morgan fingerprint density at radius 1 is 1.50 bits per heavy atom. The van der Waals surface area contributed by atoms with E-state index in [4.69, 9.17) is 4.74 Å². The number of nitrogens with zero attached hydrogens (tertiary/aromatic N) is 4. The minimum atomic E-state index is -0.814. The zero-order valence-electron chi connectivity index (χ0n) is 10.0. The number of aliphatic hydroxyl groups excluding tert-OH is 1. The van der Waals surface area contributed by atoms with Gasteiger partial charge in [0.1, 0.15) is 11.6 Å². The smallest absolute Gasteiger partial charge is 0.212 e. The molecule has 0 saturated carbocycles. The van der Waals surface area contributed by atoms with Crippen molar-refractivity contribution < 1.29 is 14.2 Å². The first-order chi connectivity index (χ1) is 8.56. The van der Waals surface area contributed by atoms with Crippen LogP contribution in [0.3, 0.4) is 0 Å². The molecule has 0 aliphatic rings. The summed E-state index contributed by atoms with van der Waals surface area (Å²) in [7, 11) is 1.65. The number of aliphatic hydroxyl groups is 1. The van der Waals surface area contributed by atoms with Gasteiger partial charge in [-0.2, -0.15) is 4.80 Å². The minimum Gasteiger partial charge on any atom is -0.485 e. The SMILES string of the molecule is C[C@@H](O)c1cc(F)ccc1OCc1nnn(C)n1. The summed E-state index contributed by atoms with van der Waals surface area (Å²) in [5, 5.41) is 20.9. The molecule has 0 spiro atoms. The second-order valence-corrected chi connectivity index (χ2v) is 3.84. The highest BCUT2D eigenvalue weighted by atomic mass is 19.1. The van der Waals surface area contributed by atoms with Crippen molar-refractivity contribution in [3.8, 4) is 5.75 Å². The van der Waals surface area contributed by atoms with E-state index in [1.807, 2.05) is 0 Å². The Balaban J connectivity index is 2.13. The van der Waals surface area contributed by atoms with Crippen LogP contribution in [0.4, 0.5) is 4.39 Å². The molecule has 1 aromatic heterocycles. The monoisotopic (exact) mass is 252 g/mol. The first-order valence-corrected chi connectivity index (χ1v) is 5.39. The maximum absolute atomic E-state index is 13.1. The Morgan fingerprint density at radius 3 is 2.89 bits per heavy atom. The number of hydrogen-bond acceptors (Lipinski definition) is 5. The lowest BCUT2D eigenvalue weighted by Crippen LogP contribution is -2.03. The van der Waals surface area contributed by atoms with Gasteiger partial charge in [-0.25, -0.2) is 4.39 Å². The van der Waals surface area contributed by atoms with E-state index in [-0.39, 0.29) is 6.61 Å². The van der Waals surface area contributed by atoms with E-state index in [2.05, 4.69) is 15.4 Å². The van der Waals surface area contributed by atoms with Crippen LogP contribution in [0.5, 0.6) is 5.75 Å². The lowest BCUT2D eigenvalue weighted by atomic mass is 10.1. The van der Waals surface area contributed by atoms with Crippen molar-refractivity contribution in [2.75, 3.05) is 0 Å². The standard InChI is InChI=1S/C11H13FN4O2/c1-7(17)9-5-8(12)3-4-10(9)18-6-11-13-15-16(2)14-11/h3-5,7,17H,6H2,1-2H3/t7-/m1/s1. The lowest BCUT2D eigenvalue weighted by molar-refractivity contribution is 0.189. The van der Waals surface area contributed by atoms with Crippen molar-refractivity contribution in [2.24, 2.45) is 7.05 Å². The van der Waals surface area contributed by atoms with Crippen molar-refractivity contribution in [1.29, 1.82) is 0 Å². The third-order valence-corrected chi connectivity index (χ3v) is 2.33. The van der Waals surface area contributed by atoms with Gasteiger partial charge >= 0.3 is 0 Å².